The van der Waals surface area contributed by atoms with Gasteiger partial charge in [0.05, 0.1) is 7.11 Å². The highest BCUT2D eigenvalue weighted by Crippen LogP contribution is 2.29. The number of hydrogen-bond donors (Lipinski definition) is 0. The van der Waals surface area contributed by atoms with Crippen molar-refractivity contribution >= 4 is 17.4 Å². The summed E-state index contributed by atoms with van der Waals surface area (Å²) in [4.78, 5) is 24.5. The number of amides is 1. The Hall–Kier alpha value is -1.84. The minimum atomic E-state index is -0.0529. The molecule has 0 fully saturated rings. The fourth-order valence-electron chi connectivity index (χ4n) is 1.95. The van der Waals surface area contributed by atoms with Crippen LogP contribution in [0.2, 0.25) is 0 Å². The molecule has 0 unspecified atom stereocenters. The lowest BCUT2D eigenvalue weighted by atomic mass is 10.1. The normalized spacial score (nSPS) is 10.2. The molecule has 1 aromatic rings. The molecule has 0 aliphatic heterocycles. The molecule has 0 aromatic heterocycles. The molecule has 0 radical (unpaired) electrons. The van der Waals surface area contributed by atoms with E-state index >= 15 is 0 Å². The third-order valence-corrected chi connectivity index (χ3v) is 3.36. The Morgan fingerprint density at radius 1 is 1.16 bits per heavy atom. The Kier molecular flexibility index (Phi) is 5.10. The first-order valence-electron chi connectivity index (χ1n) is 6.28. The standard InChI is InChI=1S/C15H21NO3/c1-10(17)6-9-15(18)16(4)13-7-8-14(19-5)12(3)11(13)2/h7-8H,6,9H2,1-5H3. The second kappa shape index (κ2) is 6.36. The van der Waals surface area contributed by atoms with E-state index in [1.54, 1.807) is 19.1 Å². The molecule has 0 N–H and O–H groups in total. The predicted molar refractivity (Wildman–Crippen MR) is 75.8 cm³/mol. The van der Waals surface area contributed by atoms with Crippen LogP contribution in [0.4, 0.5) is 5.69 Å². The van der Waals surface area contributed by atoms with E-state index in [-0.39, 0.29) is 24.5 Å². The molecule has 1 rings (SSSR count). The summed E-state index contributed by atoms with van der Waals surface area (Å²) in [6, 6.07) is 3.72. The second-order valence-corrected chi connectivity index (χ2v) is 4.69. The molecule has 104 valence electrons. The van der Waals surface area contributed by atoms with Gasteiger partial charge in [-0.3, -0.25) is 4.79 Å². The highest BCUT2D eigenvalue weighted by atomic mass is 16.5. The average molecular weight is 263 g/mol. The summed E-state index contributed by atoms with van der Waals surface area (Å²) in [7, 11) is 3.36. The topological polar surface area (TPSA) is 46.6 Å². The smallest absolute Gasteiger partial charge is 0.227 e. The van der Waals surface area contributed by atoms with E-state index in [4.69, 9.17) is 4.74 Å². The van der Waals surface area contributed by atoms with Gasteiger partial charge >= 0.3 is 0 Å². The van der Waals surface area contributed by atoms with E-state index in [9.17, 15) is 9.59 Å². The van der Waals surface area contributed by atoms with Crippen LogP contribution < -0.4 is 9.64 Å². The largest absolute Gasteiger partial charge is 0.496 e. The van der Waals surface area contributed by atoms with Gasteiger partial charge in [-0.15, -0.1) is 0 Å². The van der Waals surface area contributed by atoms with Crippen molar-refractivity contribution in [3.8, 4) is 5.75 Å². The van der Waals surface area contributed by atoms with E-state index in [0.717, 1.165) is 22.6 Å². The van der Waals surface area contributed by atoms with Crippen LogP contribution in [0, 0.1) is 13.8 Å². The number of ether oxygens (including phenoxy) is 1. The number of Topliss-reactive ketones (excluding diaryl/α,β-unsaturated/α-hetero) is 1. The van der Waals surface area contributed by atoms with Crippen molar-refractivity contribution in [2.24, 2.45) is 0 Å². The van der Waals surface area contributed by atoms with Gasteiger partial charge in [0.2, 0.25) is 5.91 Å². The molecule has 4 nitrogen and oxygen atoms in total. The van der Waals surface area contributed by atoms with Gasteiger partial charge in [0.15, 0.2) is 0 Å². The van der Waals surface area contributed by atoms with Crippen molar-refractivity contribution in [2.75, 3.05) is 19.1 Å². The number of carbonyl (C=O) groups excluding carboxylic acids is 2. The molecule has 0 aliphatic rings. The fourth-order valence-corrected chi connectivity index (χ4v) is 1.95. The fraction of sp³-hybridized carbons (Fsp3) is 0.467. The number of nitrogens with zero attached hydrogens (tertiary/aromatic N) is 1. The zero-order chi connectivity index (χ0) is 14.6. The van der Waals surface area contributed by atoms with Gasteiger partial charge in [-0.2, -0.15) is 0 Å². The lowest BCUT2D eigenvalue weighted by molar-refractivity contribution is -0.122. The molecule has 0 bridgehead atoms. The van der Waals surface area contributed by atoms with Crippen LogP contribution in [0.5, 0.6) is 5.75 Å². The summed E-state index contributed by atoms with van der Waals surface area (Å²) in [5.41, 5.74) is 2.89. The molecule has 0 heterocycles. The van der Waals surface area contributed by atoms with Crippen molar-refractivity contribution in [2.45, 2.75) is 33.6 Å². The average Bonchev–Trinajstić information content (AvgIpc) is 2.38. The summed E-state index contributed by atoms with van der Waals surface area (Å²) in [5.74, 6) is 0.790. The quantitative estimate of drug-likeness (QED) is 0.820. The van der Waals surface area contributed by atoms with Crippen molar-refractivity contribution in [3.63, 3.8) is 0 Å². The van der Waals surface area contributed by atoms with E-state index in [1.807, 2.05) is 26.0 Å². The van der Waals surface area contributed by atoms with Gasteiger partial charge in [-0.1, -0.05) is 0 Å². The minimum Gasteiger partial charge on any atom is -0.496 e. The first kappa shape index (κ1) is 15.2. The number of methoxy groups -OCH3 is 1. The highest BCUT2D eigenvalue weighted by molar-refractivity contribution is 5.95. The summed E-state index contributed by atoms with van der Waals surface area (Å²) in [5, 5.41) is 0. The molecule has 1 aromatic carbocycles. The number of hydrogen-bond acceptors (Lipinski definition) is 3. The molecule has 0 aliphatic carbocycles. The van der Waals surface area contributed by atoms with Crippen LogP contribution in [0.25, 0.3) is 0 Å². The van der Waals surface area contributed by atoms with Crippen molar-refractivity contribution in [1.82, 2.24) is 0 Å². The zero-order valence-electron chi connectivity index (χ0n) is 12.2. The molecule has 0 atom stereocenters. The molecule has 0 saturated carbocycles. The van der Waals surface area contributed by atoms with Crippen LogP contribution in [0.1, 0.15) is 30.9 Å². The Morgan fingerprint density at radius 3 is 2.32 bits per heavy atom. The van der Waals surface area contributed by atoms with E-state index in [0.29, 0.717) is 0 Å². The molecular weight excluding hydrogens is 242 g/mol. The Bertz CT molecular complexity index is 494. The molecule has 4 heteroatoms. The Morgan fingerprint density at radius 2 is 1.79 bits per heavy atom. The lowest BCUT2D eigenvalue weighted by Gasteiger charge is -2.21. The Balaban J connectivity index is 2.94. The summed E-state index contributed by atoms with van der Waals surface area (Å²) < 4.78 is 5.25. The first-order chi connectivity index (χ1) is 8.88. The predicted octanol–water partition coefficient (Wildman–Crippen LogP) is 2.64. The van der Waals surface area contributed by atoms with E-state index < -0.39 is 0 Å². The van der Waals surface area contributed by atoms with Crippen LogP contribution in [0.3, 0.4) is 0 Å². The van der Waals surface area contributed by atoms with Crippen molar-refractivity contribution in [1.29, 1.82) is 0 Å². The maximum absolute atomic E-state index is 12.0. The van der Waals surface area contributed by atoms with Gasteiger partial charge in [0, 0.05) is 25.6 Å². The molecule has 19 heavy (non-hydrogen) atoms. The van der Waals surface area contributed by atoms with E-state index in [1.165, 1.54) is 6.92 Å². The number of benzene rings is 1. The monoisotopic (exact) mass is 263 g/mol. The Labute approximate surface area is 114 Å². The van der Waals surface area contributed by atoms with Crippen LogP contribution in [0.15, 0.2) is 12.1 Å². The second-order valence-electron chi connectivity index (χ2n) is 4.69. The van der Waals surface area contributed by atoms with Gasteiger partial charge in [0.25, 0.3) is 0 Å². The van der Waals surface area contributed by atoms with E-state index in [2.05, 4.69) is 0 Å². The molecule has 0 saturated heterocycles. The number of rotatable bonds is 5. The van der Waals surface area contributed by atoms with Crippen molar-refractivity contribution < 1.29 is 14.3 Å². The summed E-state index contributed by atoms with van der Waals surface area (Å²) in [6.45, 7) is 5.42. The van der Waals surface area contributed by atoms with Crippen molar-refractivity contribution in [3.05, 3.63) is 23.3 Å². The third kappa shape index (κ3) is 3.56. The van der Waals surface area contributed by atoms with Gasteiger partial charge in [-0.25, -0.2) is 0 Å². The highest BCUT2D eigenvalue weighted by Gasteiger charge is 2.16. The molecule has 0 spiro atoms. The van der Waals surface area contributed by atoms with Gasteiger partial charge < -0.3 is 14.4 Å². The van der Waals surface area contributed by atoms with Crippen LogP contribution in [-0.4, -0.2) is 25.8 Å². The van der Waals surface area contributed by atoms with Crippen LogP contribution in [-0.2, 0) is 9.59 Å². The SMILES string of the molecule is COc1ccc(N(C)C(=O)CCC(C)=O)c(C)c1C. The number of anilines is 1. The molecular formula is C15H21NO3. The molecule has 1 amide bonds. The van der Waals surface area contributed by atoms with Gasteiger partial charge in [0.1, 0.15) is 11.5 Å². The lowest BCUT2D eigenvalue weighted by Crippen LogP contribution is -2.27. The maximum atomic E-state index is 12.0. The minimum absolute atomic E-state index is 0.0318. The zero-order valence-corrected chi connectivity index (χ0v) is 12.2. The van der Waals surface area contributed by atoms with Crippen LogP contribution >= 0.6 is 0 Å². The summed E-state index contributed by atoms with van der Waals surface area (Å²) >= 11 is 0. The number of carbonyl (C=O) groups is 2. The summed E-state index contributed by atoms with van der Waals surface area (Å²) in [6.07, 6.45) is 0.535. The first-order valence-corrected chi connectivity index (χ1v) is 6.28. The van der Waals surface area contributed by atoms with Gasteiger partial charge in [-0.05, 0) is 44.0 Å². The number of ketones is 1. The third-order valence-electron chi connectivity index (χ3n) is 3.36. The maximum Gasteiger partial charge on any atom is 0.227 e.